The minimum atomic E-state index is -0.208. The van der Waals surface area contributed by atoms with Gasteiger partial charge in [0, 0.05) is 30.2 Å². The van der Waals surface area contributed by atoms with Gasteiger partial charge in [-0.25, -0.2) is 4.98 Å². The number of nitrogens with zero attached hydrogens (tertiary/aromatic N) is 2. The van der Waals surface area contributed by atoms with E-state index in [9.17, 15) is 9.59 Å². The van der Waals surface area contributed by atoms with Gasteiger partial charge in [-0.3, -0.25) is 9.59 Å². The molecule has 0 saturated heterocycles. The van der Waals surface area contributed by atoms with Gasteiger partial charge in [0.1, 0.15) is 5.56 Å². The topological polar surface area (TPSA) is 71.5 Å². The molecule has 0 bridgehead atoms. The summed E-state index contributed by atoms with van der Waals surface area (Å²) in [5, 5.41) is 3.69. The average Bonchev–Trinajstić information content (AvgIpc) is 2.85. The van der Waals surface area contributed by atoms with E-state index in [1.807, 2.05) is 0 Å². The van der Waals surface area contributed by atoms with E-state index in [2.05, 4.69) is 17.2 Å². The van der Waals surface area contributed by atoms with Crippen LogP contribution in [0.2, 0.25) is 5.02 Å². The van der Waals surface area contributed by atoms with Crippen LogP contribution in [0, 0.1) is 5.92 Å². The highest BCUT2D eigenvalue weighted by Gasteiger charge is 2.29. The minimum absolute atomic E-state index is 0.0423. The molecule has 0 unspecified atom stereocenters. The number of aromatic nitrogens is 1. The number of pyridine rings is 1. The molecule has 1 aromatic heterocycles. The lowest BCUT2D eigenvalue weighted by Gasteiger charge is -2.29. The Morgan fingerprint density at radius 2 is 2.13 bits per heavy atom. The fourth-order valence-electron chi connectivity index (χ4n) is 4.21. The molecule has 1 aromatic carbocycles. The Balaban J connectivity index is 1.46. The monoisotopic (exact) mass is 427 g/mol. The quantitative estimate of drug-likeness (QED) is 0.731. The molecule has 158 valence electrons. The summed E-state index contributed by atoms with van der Waals surface area (Å²) in [5.74, 6) is 1.15. The van der Waals surface area contributed by atoms with Crippen molar-refractivity contribution in [3.63, 3.8) is 0 Å². The van der Waals surface area contributed by atoms with Crippen LogP contribution in [0.15, 0.2) is 36.5 Å². The van der Waals surface area contributed by atoms with Crippen LogP contribution in [0.3, 0.4) is 0 Å². The summed E-state index contributed by atoms with van der Waals surface area (Å²) in [7, 11) is 0. The zero-order chi connectivity index (χ0) is 21.1. The van der Waals surface area contributed by atoms with Crippen molar-refractivity contribution in [2.75, 3.05) is 11.4 Å². The number of hydrogen-bond acceptors (Lipinski definition) is 4. The second-order valence-electron chi connectivity index (χ2n) is 8.07. The number of nitrogens with one attached hydrogen (secondary N) is 1. The van der Waals surface area contributed by atoms with Gasteiger partial charge in [-0.2, -0.15) is 0 Å². The van der Waals surface area contributed by atoms with Crippen molar-refractivity contribution in [1.29, 1.82) is 0 Å². The summed E-state index contributed by atoms with van der Waals surface area (Å²) in [4.78, 5) is 31.5. The second-order valence-corrected chi connectivity index (χ2v) is 8.50. The number of carbonyl (C=O) groups is 2. The van der Waals surface area contributed by atoms with Crippen molar-refractivity contribution in [1.82, 2.24) is 10.3 Å². The number of rotatable bonds is 5. The first kappa shape index (κ1) is 20.7. The van der Waals surface area contributed by atoms with E-state index in [1.54, 1.807) is 41.4 Å². The molecule has 1 aliphatic carbocycles. The molecule has 1 N–H and O–H groups in total. The third-order valence-corrected chi connectivity index (χ3v) is 6.14. The maximum absolute atomic E-state index is 13.2. The number of benzene rings is 1. The summed E-state index contributed by atoms with van der Waals surface area (Å²) in [6.45, 7) is 2.59. The van der Waals surface area contributed by atoms with Gasteiger partial charge in [0.25, 0.3) is 5.91 Å². The van der Waals surface area contributed by atoms with E-state index in [0.717, 1.165) is 12.8 Å². The van der Waals surface area contributed by atoms with Crippen molar-refractivity contribution in [2.45, 2.75) is 51.5 Å². The highest BCUT2D eigenvalue weighted by atomic mass is 35.5. The van der Waals surface area contributed by atoms with Crippen LogP contribution >= 0.6 is 11.6 Å². The fraction of sp³-hybridized carbons (Fsp3) is 0.435. The fourth-order valence-corrected chi connectivity index (χ4v) is 4.38. The first-order valence-electron chi connectivity index (χ1n) is 10.6. The number of ether oxygens (including phenoxy) is 1. The molecule has 7 heteroatoms. The van der Waals surface area contributed by atoms with E-state index in [-0.39, 0.29) is 23.7 Å². The van der Waals surface area contributed by atoms with Crippen LogP contribution in [0.4, 0.5) is 5.69 Å². The van der Waals surface area contributed by atoms with Crippen LogP contribution in [-0.4, -0.2) is 29.4 Å². The molecular weight excluding hydrogens is 402 g/mol. The molecule has 1 fully saturated rings. The number of fused-ring (bicyclic) bond motifs is 2. The molecule has 1 aliphatic heterocycles. The van der Waals surface area contributed by atoms with Gasteiger partial charge in [-0.1, -0.05) is 31.4 Å². The summed E-state index contributed by atoms with van der Waals surface area (Å²) >= 11 is 6.19. The summed E-state index contributed by atoms with van der Waals surface area (Å²) in [5.41, 5.74) is 0.983. The van der Waals surface area contributed by atoms with Crippen molar-refractivity contribution in [3.8, 4) is 11.6 Å². The smallest absolute Gasteiger partial charge is 0.263 e. The van der Waals surface area contributed by atoms with Gasteiger partial charge >= 0.3 is 0 Å². The average molecular weight is 428 g/mol. The molecule has 0 spiro atoms. The Morgan fingerprint density at radius 3 is 2.97 bits per heavy atom. The molecule has 0 radical (unpaired) electrons. The summed E-state index contributed by atoms with van der Waals surface area (Å²) in [6, 6.07) is 8.83. The lowest BCUT2D eigenvalue weighted by Crippen LogP contribution is -2.41. The van der Waals surface area contributed by atoms with Gasteiger partial charge < -0.3 is 15.0 Å². The Kier molecular flexibility index (Phi) is 6.23. The Morgan fingerprint density at radius 1 is 1.30 bits per heavy atom. The standard InChI is InChI=1S/C23H26ClN3O3/c1-15-6-2-3-8-18(15)26-21(28)9-5-13-27-19-14-16(24)10-11-20(19)30-22-17(23(27)29)7-4-12-25-22/h4,7,10-12,14-15,18H,2-3,5-6,8-9,13H2,1H3,(H,26,28)/t15-,18+/m1/s1. The molecule has 2 aromatic rings. The van der Waals surface area contributed by atoms with Crippen LogP contribution in [-0.2, 0) is 4.79 Å². The predicted molar refractivity (Wildman–Crippen MR) is 116 cm³/mol. The zero-order valence-corrected chi connectivity index (χ0v) is 17.8. The normalized spacial score (nSPS) is 20.6. The van der Waals surface area contributed by atoms with Crippen molar-refractivity contribution < 1.29 is 14.3 Å². The largest absolute Gasteiger partial charge is 0.436 e. The number of anilines is 1. The van der Waals surface area contributed by atoms with E-state index in [0.29, 0.717) is 47.3 Å². The van der Waals surface area contributed by atoms with E-state index < -0.39 is 0 Å². The molecular formula is C23H26ClN3O3. The summed E-state index contributed by atoms with van der Waals surface area (Å²) < 4.78 is 5.89. The number of halogens is 1. The zero-order valence-electron chi connectivity index (χ0n) is 17.1. The molecule has 1 saturated carbocycles. The number of carbonyl (C=O) groups excluding carboxylic acids is 2. The lowest BCUT2D eigenvalue weighted by molar-refractivity contribution is -0.122. The van der Waals surface area contributed by atoms with Gasteiger partial charge in [0.2, 0.25) is 11.8 Å². The van der Waals surface area contributed by atoms with Crippen LogP contribution in [0.25, 0.3) is 0 Å². The third kappa shape index (κ3) is 4.43. The van der Waals surface area contributed by atoms with Gasteiger partial charge in [0.15, 0.2) is 5.75 Å². The van der Waals surface area contributed by atoms with E-state index in [4.69, 9.17) is 16.3 Å². The van der Waals surface area contributed by atoms with Crippen LogP contribution in [0.5, 0.6) is 11.6 Å². The number of amides is 2. The third-order valence-electron chi connectivity index (χ3n) is 5.91. The van der Waals surface area contributed by atoms with E-state index >= 15 is 0 Å². The lowest BCUT2D eigenvalue weighted by atomic mass is 9.86. The first-order valence-corrected chi connectivity index (χ1v) is 10.9. The maximum atomic E-state index is 13.2. The summed E-state index contributed by atoms with van der Waals surface area (Å²) in [6.07, 6.45) is 7.12. The van der Waals surface area contributed by atoms with Crippen LogP contribution < -0.4 is 15.0 Å². The molecule has 4 rings (SSSR count). The van der Waals surface area contributed by atoms with Crippen molar-refractivity contribution in [2.24, 2.45) is 5.92 Å². The highest BCUT2D eigenvalue weighted by molar-refractivity contribution is 6.31. The SMILES string of the molecule is C[C@@H]1CCCC[C@@H]1NC(=O)CCCN1C(=O)c2cccnc2Oc2ccc(Cl)cc21. The van der Waals surface area contributed by atoms with Crippen molar-refractivity contribution in [3.05, 3.63) is 47.1 Å². The second kappa shape index (κ2) is 9.04. The van der Waals surface area contributed by atoms with Crippen molar-refractivity contribution >= 4 is 29.1 Å². The number of hydrogen-bond donors (Lipinski definition) is 1. The van der Waals surface area contributed by atoms with Crippen LogP contribution in [0.1, 0.15) is 55.8 Å². The Labute approximate surface area is 181 Å². The van der Waals surface area contributed by atoms with Gasteiger partial charge in [-0.15, -0.1) is 0 Å². The Hall–Kier alpha value is -2.60. The molecule has 2 aliphatic rings. The van der Waals surface area contributed by atoms with Gasteiger partial charge in [0.05, 0.1) is 5.69 Å². The maximum Gasteiger partial charge on any atom is 0.263 e. The molecule has 2 atom stereocenters. The molecule has 2 amide bonds. The van der Waals surface area contributed by atoms with Gasteiger partial charge in [-0.05, 0) is 55.5 Å². The molecule has 30 heavy (non-hydrogen) atoms. The first-order chi connectivity index (χ1) is 14.5. The predicted octanol–water partition coefficient (Wildman–Crippen LogP) is 4.96. The van der Waals surface area contributed by atoms with E-state index in [1.165, 1.54) is 12.8 Å². The Bertz CT molecular complexity index is 949. The highest BCUT2D eigenvalue weighted by Crippen LogP contribution is 2.39. The minimum Gasteiger partial charge on any atom is -0.436 e. The molecule has 2 heterocycles. The molecule has 6 nitrogen and oxygen atoms in total.